The van der Waals surface area contributed by atoms with Crippen molar-refractivity contribution >= 4 is 11.7 Å². The van der Waals surface area contributed by atoms with Gasteiger partial charge in [-0.1, -0.05) is 12.5 Å². The SMILES string of the molecule is COC(=O)Cn1nnnc1C(NCC1CCCC(CN)C1)c1ccc(OC)c([N+](=O)[O-])c1. The van der Waals surface area contributed by atoms with E-state index in [2.05, 4.69) is 20.8 Å². The maximum Gasteiger partial charge on any atom is 0.327 e. The van der Waals surface area contributed by atoms with Gasteiger partial charge in [-0.05, 0) is 66.2 Å². The molecule has 32 heavy (non-hydrogen) atoms. The van der Waals surface area contributed by atoms with Gasteiger partial charge in [0.15, 0.2) is 11.6 Å². The summed E-state index contributed by atoms with van der Waals surface area (Å²) >= 11 is 0. The van der Waals surface area contributed by atoms with E-state index in [1.807, 2.05) is 0 Å². The quantitative estimate of drug-likeness (QED) is 0.308. The van der Waals surface area contributed by atoms with Crippen molar-refractivity contribution in [3.05, 3.63) is 39.7 Å². The highest BCUT2D eigenvalue weighted by molar-refractivity contribution is 5.68. The normalized spacial score (nSPS) is 19.3. The lowest BCUT2D eigenvalue weighted by Crippen LogP contribution is -2.34. The van der Waals surface area contributed by atoms with Gasteiger partial charge in [0.2, 0.25) is 0 Å². The minimum absolute atomic E-state index is 0.157. The van der Waals surface area contributed by atoms with Gasteiger partial charge in [0.1, 0.15) is 6.54 Å². The Labute approximate surface area is 185 Å². The number of nitrogens with one attached hydrogen (secondary N) is 1. The molecule has 1 aliphatic carbocycles. The second-order valence-electron chi connectivity index (χ2n) is 7.93. The van der Waals surface area contributed by atoms with Gasteiger partial charge in [0.25, 0.3) is 0 Å². The molecule has 12 heteroatoms. The Morgan fingerprint density at radius 3 is 2.84 bits per heavy atom. The highest BCUT2D eigenvalue weighted by atomic mass is 16.6. The van der Waals surface area contributed by atoms with Crippen LogP contribution in [0.5, 0.6) is 5.75 Å². The molecule has 1 aromatic carbocycles. The highest BCUT2D eigenvalue weighted by Crippen LogP contribution is 2.33. The van der Waals surface area contributed by atoms with Crippen LogP contribution in [-0.2, 0) is 16.1 Å². The van der Waals surface area contributed by atoms with Crippen LogP contribution in [0.2, 0.25) is 0 Å². The molecule has 0 spiro atoms. The van der Waals surface area contributed by atoms with E-state index >= 15 is 0 Å². The average molecular weight is 447 g/mol. The van der Waals surface area contributed by atoms with E-state index in [1.165, 1.54) is 25.0 Å². The molecule has 0 radical (unpaired) electrons. The summed E-state index contributed by atoms with van der Waals surface area (Å²) in [4.78, 5) is 22.9. The van der Waals surface area contributed by atoms with E-state index in [-0.39, 0.29) is 18.0 Å². The molecule has 3 atom stereocenters. The van der Waals surface area contributed by atoms with Crippen LogP contribution in [0, 0.1) is 22.0 Å². The zero-order valence-electron chi connectivity index (χ0n) is 18.3. The number of carbonyl (C=O) groups excluding carboxylic acids is 1. The van der Waals surface area contributed by atoms with Crippen molar-refractivity contribution in [1.29, 1.82) is 0 Å². The molecule has 0 saturated heterocycles. The number of nitro benzene ring substituents is 1. The number of carbonyl (C=O) groups is 1. The van der Waals surface area contributed by atoms with Crippen LogP contribution >= 0.6 is 0 Å². The van der Waals surface area contributed by atoms with E-state index in [0.717, 1.165) is 25.7 Å². The summed E-state index contributed by atoms with van der Waals surface area (Å²) in [7, 11) is 2.66. The molecule has 3 unspecified atom stereocenters. The number of methoxy groups -OCH3 is 2. The first-order chi connectivity index (χ1) is 15.5. The molecule has 1 heterocycles. The molecule has 2 aromatic rings. The Balaban J connectivity index is 1.92. The van der Waals surface area contributed by atoms with Crippen LogP contribution in [0.25, 0.3) is 0 Å². The summed E-state index contributed by atoms with van der Waals surface area (Å²) in [6, 6.07) is 4.14. The maximum absolute atomic E-state index is 11.8. The number of benzene rings is 1. The molecular formula is C20H29N7O5. The summed E-state index contributed by atoms with van der Waals surface area (Å²) in [6.45, 7) is 1.15. The summed E-state index contributed by atoms with van der Waals surface area (Å²) in [5, 5.41) is 26.7. The van der Waals surface area contributed by atoms with E-state index in [1.54, 1.807) is 12.1 Å². The second kappa shape index (κ2) is 11.0. The largest absolute Gasteiger partial charge is 0.490 e. The fourth-order valence-corrected chi connectivity index (χ4v) is 4.19. The van der Waals surface area contributed by atoms with Gasteiger partial charge in [-0.2, -0.15) is 0 Å². The summed E-state index contributed by atoms with van der Waals surface area (Å²) in [6.07, 6.45) is 4.35. The minimum Gasteiger partial charge on any atom is -0.490 e. The number of hydrogen-bond donors (Lipinski definition) is 2. The molecule has 0 bridgehead atoms. The number of nitrogens with two attached hydrogens (primary N) is 1. The molecule has 174 valence electrons. The zero-order valence-corrected chi connectivity index (χ0v) is 18.3. The van der Waals surface area contributed by atoms with Crippen molar-refractivity contribution in [3.63, 3.8) is 0 Å². The van der Waals surface area contributed by atoms with Gasteiger partial charge in [-0.25, -0.2) is 4.68 Å². The fraction of sp³-hybridized carbons (Fsp3) is 0.600. The van der Waals surface area contributed by atoms with Crippen molar-refractivity contribution in [3.8, 4) is 5.75 Å². The summed E-state index contributed by atoms with van der Waals surface area (Å²) in [5.74, 6) is 0.931. The monoisotopic (exact) mass is 447 g/mol. The Morgan fingerprint density at radius 2 is 2.16 bits per heavy atom. The predicted octanol–water partition coefficient (Wildman–Crippen LogP) is 1.21. The molecule has 3 N–H and O–H groups in total. The van der Waals surface area contributed by atoms with Gasteiger partial charge in [-0.3, -0.25) is 14.9 Å². The maximum atomic E-state index is 11.8. The summed E-state index contributed by atoms with van der Waals surface area (Å²) < 4.78 is 11.2. The fourth-order valence-electron chi connectivity index (χ4n) is 4.19. The molecule has 12 nitrogen and oxygen atoms in total. The van der Waals surface area contributed by atoms with E-state index in [0.29, 0.717) is 36.3 Å². The number of esters is 1. The molecule has 1 aromatic heterocycles. The Morgan fingerprint density at radius 1 is 1.38 bits per heavy atom. The number of nitro groups is 1. The van der Waals surface area contributed by atoms with Gasteiger partial charge in [-0.15, -0.1) is 5.10 Å². The van der Waals surface area contributed by atoms with Crippen molar-refractivity contribution < 1.29 is 19.2 Å². The standard InChI is InChI=1S/C20H29N7O5/c1-31-17-7-6-15(9-16(17)27(29)30)19(20-23-24-25-26(20)12-18(28)32-2)22-11-14-5-3-4-13(8-14)10-21/h6-7,9,13-14,19,22H,3-5,8,10-12,21H2,1-2H3. The van der Waals surface area contributed by atoms with Crippen molar-refractivity contribution in [1.82, 2.24) is 25.5 Å². The predicted molar refractivity (Wildman–Crippen MR) is 114 cm³/mol. The molecule has 1 saturated carbocycles. The second-order valence-corrected chi connectivity index (χ2v) is 7.93. The van der Waals surface area contributed by atoms with Gasteiger partial charge in [0, 0.05) is 6.07 Å². The first-order valence-electron chi connectivity index (χ1n) is 10.5. The average Bonchev–Trinajstić information content (AvgIpc) is 3.26. The number of hydrogen-bond acceptors (Lipinski definition) is 10. The lowest BCUT2D eigenvalue weighted by Gasteiger charge is -2.30. The number of nitrogens with zero attached hydrogens (tertiary/aromatic N) is 5. The van der Waals surface area contributed by atoms with Crippen LogP contribution in [0.3, 0.4) is 0 Å². The number of aromatic nitrogens is 4. The number of tetrazole rings is 1. The first-order valence-corrected chi connectivity index (χ1v) is 10.5. The van der Waals surface area contributed by atoms with Crippen LogP contribution in [0.15, 0.2) is 18.2 Å². The zero-order chi connectivity index (χ0) is 23.1. The Bertz CT molecular complexity index is 935. The molecule has 1 aliphatic rings. The molecule has 0 amide bonds. The van der Waals surface area contributed by atoms with E-state index in [4.69, 9.17) is 15.2 Å². The van der Waals surface area contributed by atoms with Crippen LogP contribution in [0.1, 0.15) is 43.1 Å². The molecule has 3 rings (SSSR count). The van der Waals surface area contributed by atoms with Crippen molar-refractivity contribution in [2.24, 2.45) is 17.6 Å². The minimum atomic E-state index is -0.572. The van der Waals surface area contributed by atoms with Crippen molar-refractivity contribution in [2.75, 3.05) is 27.3 Å². The van der Waals surface area contributed by atoms with Gasteiger partial charge in [0.05, 0.1) is 25.2 Å². The van der Waals surface area contributed by atoms with Crippen LogP contribution in [0.4, 0.5) is 5.69 Å². The van der Waals surface area contributed by atoms with Gasteiger partial charge < -0.3 is 20.5 Å². The smallest absolute Gasteiger partial charge is 0.327 e. The molecular weight excluding hydrogens is 418 g/mol. The van der Waals surface area contributed by atoms with E-state index < -0.39 is 16.9 Å². The Kier molecular flexibility index (Phi) is 8.06. The third-order valence-corrected chi connectivity index (χ3v) is 5.89. The van der Waals surface area contributed by atoms with Gasteiger partial charge >= 0.3 is 11.7 Å². The number of rotatable bonds is 10. The molecule has 0 aliphatic heterocycles. The van der Waals surface area contributed by atoms with Crippen LogP contribution in [-0.4, -0.2) is 58.4 Å². The highest BCUT2D eigenvalue weighted by Gasteiger charge is 2.28. The molecule has 1 fully saturated rings. The van der Waals surface area contributed by atoms with Crippen molar-refractivity contribution in [2.45, 2.75) is 38.3 Å². The topological polar surface area (TPSA) is 160 Å². The Hall–Kier alpha value is -3.12. The van der Waals surface area contributed by atoms with E-state index in [9.17, 15) is 14.9 Å². The first kappa shape index (κ1) is 23.5. The third-order valence-electron chi connectivity index (χ3n) is 5.89. The third kappa shape index (κ3) is 5.56. The lowest BCUT2D eigenvalue weighted by atomic mass is 9.81. The summed E-state index contributed by atoms with van der Waals surface area (Å²) in [5.41, 5.74) is 6.30. The lowest BCUT2D eigenvalue weighted by molar-refractivity contribution is -0.385. The van der Waals surface area contributed by atoms with Crippen LogP contribution < -0.4 is 15.8 Å². The number of ether oxygens (including phenoxy) is 2.